The highest BCUT2D eigenvalue weighted by Crippen LogP contribution is 2.18. The summed E-state index contributed by atoms with van der Waals surface area (Å²) >= 11 is 1.89. The lowest BCUT2D eigenvalue weighted by Crippen LogP contribution is -1.89. The van der Waals surface area contributed by atoms with Crippen molar-refractivity contribution in [3.63, 3.8) is 0 Å². The van der Waals surface area contributed by atoms with Gasteiger partial charge in [0.2, 0.25) is 0 Å². The molecular weight excluding hydrogens is 204 g/mol. The number of benzene rings is 1. The second kappa shape index (κ2) is 6.91. The van der Waals surface area contributed by atoms with Crippen molar-refractivity contribution in [2.24, 2.45) is 0 Å². The minimum Gasteiger partial charge on any atom is -0.396 e. The largest absolute Gasteiger partial charge is 0.396 e. The lowest BCUT2D eigenvalue weighted by atomic mass is 10.0. The molecule has 0 aliphatic heterocycles. The maximum absolute atomic E-state index is 8.65. The first-order valence-corrected chi connectivity index (χ1v) is 6.67. The van der Waals surface area contributed by atoms with Crippen LogP contribution >= 0.6 is 11.8 Å². The van der Waals surface area contributed by atoms with Crippen molar-refractivity contribution in [2.75, 3.05) is 12.4 Å². The molecule has 1 nitrogen and oxygen atoms in total. The summed E-state index contributed by atoms with van der Waals surface area (Å²) in [5.74, 6) is 2.71. The Hall–Kier alpha value is -0.470. The Balaban J connectivity index is 2.36. The zero-order valence-electron chi connectivity index (χ0n) is 9.57. The van der Waals surface area contributed by atoms with Gasteiger partial charge in [-0.2, -0.15) is 11.8 Å². The Morgan fingerprint density at radius 3 is 2.40 bits per heavy atom. The van der Waals surface area contributed by atoms with E-state index >= 15 is 0 Å². The van der Waals surface area contributed by atoms with E-state index in [0.29, 0.717) is 12.5 Å². The predicted octanol–water partition coefficient (Wildman–Crippen LogP) is 3.43. The molecule has 0 atom stereocenters. The zero-order valence-corrected chi connectivity index (χ0v) is 10.4. The van der Waals surface area contributed by atoms with E-state index in [1.54, 1.807) is 0 Å². The highest BCUT2D eigenvalue weighted by molar-refractivity contribution is 7.98. The van der Waals surface area contributed by atoms with Crippen molar-refractivity contribution >= 4 is 11.8 Å². The van der Waals surface area contributed by atoms with Crippen LogP contribution in [0.1, 0.15) is 37.3 Å². The fraction of sp³-hybridized carbons (Fsp3) is 0.538. The average Bonchev–Trinajstić information content (AvgIpc) is 2.25. The smallest absolute Gasteiger partial charge is 0.0438 e. The van der Waals surface area contributed by atoms with Gasteiger partial charge < -0.3 is 5.11 Å². The van der Waals surface area contributed by atoms with E-state index < -0.39 is 0 Å². The number of aliphatic hydroxyl groups excluding tert-OH is 1. The summed E-state index contributed by atoms with van der Waals surface area (Å²) in [6, 6.07) is 8.85. The number of aliphatic hydroxyl groups is 1. The second-order valence-corrected chi connectivity index (χ2v) is 5.13. The first kappa shape index (κ1) is 12.6. The molecule has 0 heterocycles. The third kappa shape index (κ3) is 4.72. The molecule has 0 radical (unpaired) electrons. The molecule has 0 aliphatic rings. The average molecular weight is 224 g/mol. The fourth-order valence-electron chi connectivity index (χ4n) is 1.36. The standard InChI is InChI=1S/C13H20OS/c1-11(2)13-6-4-12(5-7-13)10-15-9-3-8-14/h4-7,11,14H,3,8-10H2,1-2H3. The summed E-state index contributed by atoms with van der Waals surface area (Å²) in [4.78, 5) is 0. The van der Waals surface area contributed by atoms with Crippen molar-refractivity contribution < 1.29 is 5.11 Å². The van der Waals surface area contributed by atoms with Gasteiger partial charge in [-0.05, 0) is 29.2 Å². The van der Waals surface area contributed by atoms with Gasteiger partial charge in [-0.1, -0.05) is 38.1 Å². The molecule has 0 unspecified atom stereocenters. The van der Waals surface area contributed by atoms with E-state index in [9.17, 15) is 0 Å². The Morgan fingerprint density at radius 1 is 1.20 bits per heavy atom. The molecule has 2 heteroatoms. The van der Waals surface area contributed by atoms with E-state index in [-0.39, 0.29) is 0 Å². The molecule has 1 aromatic carbocycles. The van der Waals surface area contributed by atoms with Gasteiger partial charge in [0.05, 0.1) is 0 Å². The molecule has 1 N–H and O–H groups in total. The Kier molecular flexibility index (Phi) is 5.81. The van der Waals surface area contributed by atoms with E-state index in [1.807, 2.05) is 11.8 Å². The third-order valence-corrected chi connectivity index (χ3v) is 3.48. The van der Waals surface area contributed by atoms with Gasteiger partial charge in [0, 0.05) is 12.4 Å². The SMILES string of the molecule is CC(C)c1ccc(CSCCCO)cc1. The normalized spacial score (nSPS) is 10.9. The van der Waals surface area contributed by atoms with Crippen molar-refractivity contribution in [1.29, 1.82) is 0 Å². The Labute approximate surface area is 96.9 Å². The first-order chi connectivity index (χ1) is 7.24. The molecule has 0 saturated heterocycles. The summed E-state index contributed by atoms with van der Waals surface area (Å²) in [5.41, 5.74) is 2.78. The Bertz CT molecular complexity index is 266. The van der Waals surface area contributed by atoms with Crippen LogP contribution in [0.25, 0.3) is 0 Å². The molecule has 0 fully saturated rings. The molecule has 0 aliphatic carbocycles. The molecule has 84 valence electrons. The summed E-state index contributed by atoms with van der Waals surface area (Å²) < 4.78 is 0. The maximum atomic E-state index is 8.65. The summed E-state index contributed by atoms with van der Waals surface area (Å²) in [5, 5.41) is 8.65. The molecule has 0 aromatic heterocycles. The van der Waals surface area contributed by atoms with Crippen LogP contribution < -0.4 is 0 Å². The van der Waals surface area contributed by atoms with E-state index in [4.69, 9.17) is 5.11 Å². The van der Waals surface area contributed by atoms with Gasteiger partial charge in [0.25, 0.3) is 0 Å². The summed E-state index contributed by atoms with van der Waals surface area (Å²) in [6.45, 7) is 4.73. The highest BCUT2D eigenvalue weighted by atomic mass is 32.2. The van der Waals surface area contributed by atoms with Crippen LogP contribution in [0.5, 0.6) is 0 Å². The van der Waals surface area contributed by atoms with E-state index in [1.165, 1.54) is 11.1 Å². The predicted molar refractivity (Wildman–Crippen MR) is 68.4 cm³/mol. The Morgan fingerprint density at radius 2 is 1.87 bits per heavy atom. The van der Waals surface area contributed by atoms with Crippen molar-refractivity contribution in [2.45, 2.75) is 31.9 Å². The van der Waals surface area contributed by atoms with Crippen molar-refractivity contribution in [3.8, 4) is 0 Å². The van der Waals surface area contributed by atoms with Crippen LogP contribution in [0, 0.1) is 0 Å². The molecule has 0 spiro atoms. The lowest BCUT2D eigenvalue weighted by Gasteiger charge is -2.06. The molecular formula is C13H20OS. The van der Waals surface area contributed by atoms with Gasteiger partial charge in [-0.25, -0.2) is 0 Å². The zero-order chi connectivity index (χ0) is 11.1. The quantitative estimate of drug-likeness (QED) is 0.747. The van der Waals surface area contributed by atoms with Crippen LogP contribution in [-0.2, 0) is 5.75 Å². The molecule has 1 aromatic rings. The molecule has 15 heavy (non-hydrogen) atoms. The minimum absolute atomic E-state index is 0.305. The van der Waals surface area contributed by atoms with Gasteiger partial charge in [0.15, 0.2) is 0 Å². The van der Waals surface area contributed by atoms with E-state index in [0.717, 1.165) is 17.9 Å². The fourth-order valence-corrected chi connectivity index (χ4v) is 2.26. The van der Waals surface area contributed by atoms with Crippen LogP contribution in [0.3, 0.4) is 0 Å². The van der Waals surface area contributed by atoms with Gasteiger partial charge in [-0.3, -0.25) is 0 Å². The number of hydrogen-bond acceptors (Lipinski definition) is 2. The number of rotatable bonds is 6. The van der Waals surface area contributed by atoms with Crippen molar-refractivity contribution in [1.82, 2.24) is 0 Å². The maximum Gasteiger partial charge on any atom is 0.0438 e. The monoisotopic (exact) mass is 224 g/mol. The van der Waals surface area contributed by atoms with Gasteiger partial charge in [0.1, 0.15) is 0 Å². The van der Waals surface area contributed by atoms with Crippen LogP contribution in [0.4, 0.5) is 0 Å². The first-order valence-electron chi connectivity index (χ1n) is 5.51. The molecule has 0 bridgehead atoms. The van der Waals surface area contributed by atoms with Crippen LogP contribution in [-0.4, -0.2) is 17.5 Å². The molecule has 1 rings (SSSR count). The van der Waals surface area contributed by atoms with Crippen LogP contribution in [0.15, 0.2) is 24.3 Å². The van der Waals surface area contributed by atoms with Crippen LogP contribution in [0.2, 0.25) is 0 Å². The lowest BCUT2D eigenvalue weighted by molar-refractivity contribution is 0.296. The van der Waals surface area contributed by atoms with Gasteiger partial charge in [-0.15, -0.1) is 0 Å². The second-order valence-electron chi connectivity index (χ2n) is 4.03. The molecule has 0 amide bonds. The number of hydrogen-bond donors (Lipinski definition) is 1. The molecule has 0 saturated carbocycles. The summed E-state index contributed by atoms with van der Waals surface area (Å²) in [7, 11) is 0. The van der Waals surface area contributed by atoms with E-state index in [2.05, 4.69) is 38.1 Å². The highest BCUT2D eigenvalue weighted by Gasteiger charge is 1.98. The van der Waals surface area contributed by atoms with Crippen molar-refractivity contribution in [3.05, 3.63) is 35.4 Å². The minimum atomic E-state index is 0.305. The number of thioether (sulfide) groups is 1. The topological polar surface area (TPSA) is 20.2 Å². The van der Waals surface area contributed by atoms with Gasteiger partial charge >= 0.3 is 0 Å². The third-order valence-electron chi connectivity index (χ3n) is 2.36. The summed E-state index contributed by atoms with van der Waals surface area (Å²) in [6.07, 6.45) is 0.898.